The fourth-order valence-electron chi connectivity index (χ4n) is 1.61. The van der Waals surface area contributed by atoms with Crippen LogP contribution >= 0.6 is 22.9 Å². The van der Waals surface area contributed by atoms with Crippen LogP contribution in [-0.2, 0) is 6.42 Å². The van der Waals surface area contributed by atoms with Gasteiger partial charge in [-0.05, 0) is 32.0 Å². The van der Waals surface area contributed by atoms with Crippen molar-refractivity contribution < 1.29 is 9.21 Å². The second kappa shape index (κ2) is 4.44. The standard InChI is InChI=1S/C12H11ClO2S/c1-7-5-10(8(2)15-7)11(14)6-9-3-4-12(13)16-9/h3-5H,6H2,1-2H3. The van der Waals surface area contributed by atoms with Crippen molar-refractivity contribution in [2.45, 2.75) is 20.3 Å². The fraction of sp³-hybridized carbons (Fsp3) is 0.250. The molecule has 0 unspecified atom stereocenters. The Morgan fingerprint density at radius 3 is 2.69 bits per heavy atom. The molecule has 0 saturated heterocycles. The Morgan fingerprint density at radius 2 is 2.19 bits per heavy atom. The molecule has 4 heteroatoms. The molecular formula is C12H11ClO2S. The van der Waals surface area contributed by atoms with Crippen LogP contribution in [0, 0.1) is 13.8 Å². The number of thiophene rings is 1. The molecule has 0 amide bonds. The lowest BCUT2D eigenvalue weighted by Crippen LogP contribution is -2.02. The first kappa shape index (κ1) is 11.4. The van der Waals surface area contributed by atoms with E-state index in [2.05, 4.69) is 0 Å². The predicted molar refractivity (Wildman–Crippen MR) is 65.5 cm³/mol. The average molecular weight is 255 g/mol. The summed E-state index contributed by atoms with van der Waals surface area (Å²) in [7, 11) is 0. The van der Waals surface area contributed by atoms with Crippen molar-refractivity contribution in [2.24, 2.45) is 0 Å². The Hall–Kier alpha value is -1.06. The quantitative estimate of drug-likeness (QED) is 0.774. The molecule has 2 aromatic rings. The number of carbonyl (C=O) groups is 1. The Labute approximate surface area is 103 Å². The number of ketones is 1. The van der Waals surface area contributed by atoms with Gasteiger partial charge in [0, 0.05) is 11.3 Å². The van der Waals surface area contributed by atoms with Gasteiger partial charge in [0.05, 0.1) is 9.90 Å². The predicted octanol–water partition coefficient (Wildman–Crippen LogP) is 4.04. The van der Waals surface area contributed by atoms with Gasteiger partial charge >= 0.3 is 0 Å². The normalized spacial score (nSPS) is 10.7. The summed E-state index contributed by atoms with van der Waals surface area (Å²) >= 11 is 7.25. The molecule has 16 heavy (non-hydrogen) atoms. The van der Waals surface area contributed by atoms with E-state index in [1.807, 2.05) is 26.0 Å². The van der Waals surface area contributed by atoms with E-state index in [9.17, 15) is 4.79 Å². The summed E-state index contributed by atoms with van der Waals surface area (Å²) in [4.78, 5) is 12.9. The number of carbonyl (C=O) groups excluding carboxylic acids is 1. The van der Waals surface area contributed by atoms with E-state index in [1.54, 1.807) is 6.07 Å². The minimum Gasteiger partial charge on any atom is -0.466 e. The maximum Gasteiger partial charge on any atom is 0.171 e. The third kappa shape index (κ3) is 2.36. The maximum atomic E-state index is 12.0. The summed E-state index contributed by atoms with van der Waals surface area (Å²) in [6, 6.07) is 5.47. The topological polar surface area (TPSA) is 30.2 Å². The molecule has 2 nitrogen and oxygen atoms in total. The van der Waals surface area contributed by atoms with Gasteiger partial charge in [0.2, 0.25) is 0 Å². The van der Waals surface area contributed by atoms with E-state index in [0.717, 1.165) is 10.6 Å². The van der Waals surface area contributed by atoms with Gasteiger partial charge in [0.25, 0.3) is 0 Å². The zero-order chi connectivity index (χ0) is 11.7. The number of aryl methyl sites for hydroxylation is 2. The summed E-state index contributed by atoms with van der Waals surface area (Å²) in [5.41, 5.74) is 0.669. The molecule has 0 aliphatic rings. The maximum absolute atomic E-state index is 12.0. The highest BCUT2D eigenvalue weighted by Gasteiger charge is 2.14. The van der Waals surface area contributed by atoms with Crippen LogP contribution in [0.1, 0.15) is 26.8 Å². The molecule has 2 aromatic heterocycles. The third-order valence-electron chi connectivity index (χ3n) is 2.31. The van der Waals surface area contributed by atoms with Gasteiger partial charge in [0.1, 0.15) is 11.5 Å². The first-order valence-electron chi connectivity index (χ1n) is 4.90. The lowest BCUT2D eigenvalue weighted by Gasteiger charge is -1.96. The van der Waals surface area contributed by atoms with Gasteiger partial charge in [-0.3, -0.25) is 4.79 Å². The van der Waals surface area contributed by atoms with Crippen molar-refractivity contribution >= 4 is 28.7 Å². The van der Waals surface area contributed by atoms with Crippen LogP contribution in [0.3, 0.4) is 0 Å². The number of hydrogen-bond donors (Lipinski definition) is 0. The number of hydrogen-bond acceptors (Lipinski definition) is 3. The minimum atomic E-state index is 0.0767. The molecule has 0 spiro atoms. The summed E-state index contributed by atoms with van der Waals surface area (Å²) in [6.45, 7) is 3.65. The molecule has 0 saturated carbocycles. The van der Waals surface area contributed by atoms with Gasteiger partial charge in [-0.25, -0.2) is 0 Å². The molecule has 84 valence electrons. The molecule has 2 rings (SSSR count). The van der Waals surface area contributed by atoms with Gasteiger partial charge in [-0.15, -0.1) is 11.3 Å². The summed E-state index contributed by atoms with van der Waals surface area (Å²) in [5.74, 6) is 1.53. The minimum absolute atomic E-state index is 0.0767. The van der Waals surface area contributed by atoms with Gasteiger partial charge in [-0.1, -0.05) is 11.6 Å². The molecule has 0 aromatic carbocycles. The first-order valence-corrected chi connectivity index (χ1v) is 6.10. The lowest BCUT2D eigenvalue weighted by molar-refractivity contribution is 0.0992. The molecule has 0 bridgehead atoms. The number of halogens is 1. The van der Waals surface area contributed by atoms with Crippen molar-refractivity contribution in [1.29, 1.82) is 0 Å². The highest BCUT2D eigenvalue weighted by Crippen LogP contribution is 2.24. The van der Waals surface area contributed by atoms with Crippen molar-refractivity contribution in [2.75, 3.05) is 0 Å². The van der Waals surface area contributed by atoms with Gasteiger partial charge in [0.15, 0.2) is 5.78 Å². The zero-order valence-electron chi connectivity index (χ0n) is 9.04. The van der Waals surface area contributed by atoms with Crippen LogP contribution in [-0.4, -0.2) is 5.78 Å². The van der Waals surface area contributed by atoms with Crippen molar-refractivity contribution in [3.8, 4) is 0 Å². The van der Waals surface area contributed by atoms with Crippen molar-refractivity contribution in [1.82, 2.24) is 0 Å². The molecule has 0 aliphatic carbocycles. The summed E-state index contributed by atoms with van der Waals surface area (Å²) < 4.78 is 6.05. The average Bonchev–Trinajstić information content (AvgIpc) is 2.73. The Morgan fingerprint density at radius 1 is 1.44 bits per heavy atom. The van der Waals surface area contributed by atoms with Crippen LogP contribution < -0.4 is 0 Å². The van der Waals surface area contributed by atoms with Crippen LogP contribution in [0.4, 0.5) is 0 Å². The lowest BCUT2D eigenvalue weighted by atomic mass is 10.1. The second-order valence-electron chi connectivity index (χ2n) is 3.63. The SMILES string of the molecule is Cc1cc(C(=O)Cc2ccc(Cl)s2)c(C)o1. The highest BCUT2D eigenvalue weighted by atomic mass is 35.5. The van der Waals surface area contributed by atoms with E-state index in [-0.39, 0.29) is 5.78 Å². The largest absolute Gasteiger partial charge is 0.466 e. The molecular weight excluding hydrogens is 244 g/mol. The van der Waals surface area contributed by atoms with Gasteiger partial charge < -0.3 is 4.42 Å². The number of rotatable bonds is 3. The van der Waals surface area contributed by atoms with Crippen molar-refractivity contribution in [3.63, 3.8) is 0 Å². The summed E-state index contributed by atoms with van der Waals surface area (Å²) in [5, 5.41) is 0. The molecule has 0 atom stereocenters. The van der Waals surface area contributed by atoms with Crippen LogP contribution in [0.15, 0.2) is 22.6 Å². The number of furan rings is 1. The molecule has 0 aliphatic heterocycles. The number of Topliss-reactive ketones (excluding diaryl/α,β-unsaturated/α-hetero) is 1. The van der Waals surface area contributed by atoms with E-state index in [1.165, 1.54) is 11.3 Å². The van der Waals surface area contributed by atoms with E-state index >= 15 is 0 Å². The van der Waals surface area contributed by atoms with Crippen molar-refractivity contribution in [3.05, 3.63) is 44.5 Å². The van der Waals surface area contributed by atoms with E-state index in [4.69, 9.17) is 16.0 Å². The van der Waals surface area contributed by atoms with Crippen LogP contribution in [0.25, 0.3) is 0 Å². The second-order valence-corrected chi connectivity index (χ2v) is 5.43. The summed E-state index contributed by atoms with van der Waals surface area (Å²) in [6.07, 6.45) is 0.386. The molecule has 2 heterocycles. The van der Waals surface area contributed by atoms with E-state index < -0.39 is 0 Å². The molecule has 0 fully saturated rings. The monoisotopic (exact) mass is 254 g/mol. The highest BCUT2D eigenvalue weighted by molar-refractivity contribution is 7.16. The first-order chi connectivity index (χ1) is 7.56. The third-order valence-corrected chi connectivity index (χ3v) is 3.54. The Balaban J connectivity index is 2.17. The van der Waals surface area contributed by atoms with Crippen LogP contribution in [0.2, 0.25) is 4.34 Å². The van der Waals surface area contributed by atoms with Gasteiger partial charge in [-0.2, -0.15) is 0 Å². The van der Waals surface area contributed by atoms with Crippen LogP contribution in [0.5, 0.6) is 0 Å². The Bertz CT molecular complexity index is 525. The van der Waals surface area contributed by atoms with E-state index in [0.29, 0.717) is 22.1 Å². The Kier molecular flexibility index (Phi) is 3.17. The molecule has 0 N–H and O–H groups in total. The smallest absolute Gasteiger partial charge is 0.171 e. The fourth-order valence-corrected chi connectivity index (χ4v) is 2.69. The molecule has 0 radical (unpaired) electrons. The zero-order valence-corrected chi connectivity index (χ0v) is 10.6.